The van der Waals surface area contributed by atoms with Crippen LogP contribution in [0.25, 0.3) is 11.0 Å². The Morgan fingerprint density at radius 2 is 1.90 bits per heavy atom. The maximum Gasteiger partial charge on any atom is 0.338 e. The number of hydrogen-bond acceptors (Lipinski definition) is 7. The molecule has 0 atom stereocenters. The molecule has 29 heavy (non-hydrogen) atoms. The molecule has 0 aliphatic heterocycles. The molecule has 1 heterocycles. The van der Waals surface area contributed by atoms with Crippen LogP contribution in [0.1, 0.15) is 22.8 Å². The highest BCUT2D eigenvalue weighted by Gasteiger charge is 2.17. The molecule has 0 spiro atoms. The molecule has 0 bridgehead atoms. The molecule has 152 valence electrons. The van der Waals surface area contributed by atoms with E-state index >= 15 is 0 Å². The first-order valence-corrected chi connectivity index (χ1v) is 9.12. The molecule has 0 unspecified atom stereocenters. The maximum absolute atomic E-state index is 12.5. The number of ether oxygens (including phenoxy) is 4. The normalized spacial score (nSPS) is 10.6. The van der Waals surface area contributed by atoms with Crippen LogP contribution >= 0.6 is 11.6 Å². The van der Waals surface area contributed by atoms with E-state index in [1.165, 1.54) is 32.4 Å². The predicted molar refractivity (Wildman–Crippen MR) is 107 cm³/mol. The van der Waals surface area contributed by atoms with E-state index < -0.39 is 11.6 Å². The molecular weight excluding hydrogens is 400 g/mol. The summed E-state index contributed by atoms with van der Waals surface area (Å²) in [5.41, 5.74) is 0.497. The topological polar surface area (TPSA) is 84.2 Å². The Morgan fingerprint density at radius 3 is 2.59 bits per heavy atom. The van der Waals surface area contributed by atoms with E-state index in [0.717, 1.165) is 0 Å². The van der Waals surface area contributed by atoms with Gasteiger partial charge in [-0.2, -0.15) is 0 Å². The van der Waals surface area contributed by atoms with Gasteiger partial charge in [0.2, 0.25) is 0 Å². The monoisotopic (exact) mass is 418 g/mol. The summed E-state index contributed by atoms with van der Waals surface area (Å²) in [4.78, 5) is 24.4. The Hall–Kier alpha value is -3.19. The van der Waals surface area contributed by atoms with Gasteiger partial charge in [-0.25, -0.2) is 9.59 Å². The largest absolute Gasteiger partial charge is 0.497 e. The number of halogens is 1. The molecule has 8 heteroatoms. The molecule has 0 amide bonds. The summed E-state index contributed by atoms with van der Waals surface area (Å²) >= 11 is 6.20. The highest BCUT2D eigenvalue weighted by atomic mass is 35.5. The van der Waals surface area contributed by atoms with Gasteiger partial charge in [-0.3, -0.25) is 0 Å². The fourth-order valence-corrected chi connectivity index (χ4v) is 3.07. The first kappa shape index (κ1) is 20.5. The van der Waals surface area contributed by atoms with Crippen molar-refractivity contribution in [2.45, 2.75) is 13.5 Å². The van der Waals surface area contributed by atoms with Gasteiger partial charge in [0.05, 0.1) is 31.4 Å². The number of benzene rings is 2. The van der Waals surface area contributed by atoms with Crippen LogP contribution in [0.3, 0.4) is 0 Å². The van der Waals surface area contributed by atoms with E-state index in [2.05, 4.69) is 0 Å². The van der Waals surface area contributed by atoms with Gasteiger partial charge in [0.1, 0.15) is 17.9 Å². The van der Waals surface area contributed by atoms with E-state index in [9.17, 15) is 9.59 Å². The molecule has 3 aromatic rings. The second-order valence-electron chi connectivity index (χ2n) is 5.95. The first-order chi connectivity index (χ1) is 14.0. The Kier molecular flexibility index (Phi) is 6.29. The standard InChI is InChI=1S/C21H19ClO7/c1-4-27-20-16(22)7-12(8-18(20)26-3)21(24)28-11-13-9-19(23)29-17-10-14(25-2)5-6-15(13)17/h5-10H,4,11H2,1-3H3. The van der Waals surface area contributed by atoms with Gasteiger partial charge in [-0.1, -0.05) is 11.6 Å². The fourth-order valence-electron chi connectivity index (χ4n) is 2.81. The average Bonchev–Trinajstić information content (AvgIpc) is 2.72. The highest BCUT2D eigenvalue weighted by Crippen LogP contribution is 2.36. The van der Waals surface area contributed by atoms with Gasteiger partial charge >= 0.3 is 11.6 Å². The number of methoxy groups -OCH3 is 2. The van der Waals surface area contributed by atoms with Crippen LogP contribution in [0.5, 0.6) is 17.2 Å². The second-order valence-corrected chi connectivity index (χ2v) is 6.36. The van der Waals surface area contributed by atoms with E-state index in [4.69, 9.17) is 35.0 Å². The SMILES string of the molecule is CCOc1c(Cl)cc(C(=O)OCc2cc(=O)oc3cc(OC)ccc23)cc1OC. The Balaban J connectivity index is 1.86. The molecule has 0 fully saturated rings. The number of rotatable bonds is 7. The van der Waals surface area contributed by atoms with Crippen molar-refractivity contribution in [1.29, 1.82) is 0 Å². The molecule has 3 rings (SSSR count). The number of fused-ring (bicyclic) bond motifs is 1. The Labute approximate surface area is 171 Å². The summed E-state index contributed by atoms with van der Waals surface area (Å²) in [5, 5.41) is 0.872. The number of carbonyl (C=O) groups is 1. The lowest BCUT2D eigenvalue weighted by atomic mass is 10.1. The number of carbonyl (C=O) groups excluding carboxylic acids is 1. The molecule has 0 saturated carbocycles. The van der Waals surface area contributed by atoms with Crippen molar-refractivity contribution in [2.24, 2.45) is 0 Å². The lowest BCUT2D eigenvalue weighted by Crippen LogP contribution is -2.09. The third-order valence-corrected chi connectivity index (χ3v) is 4.43. The van der Waals surface area contributed by atoms with E-state index in [0.29, 0.717) is 40.4 Å². The van der Waals surface area contributed by atoms with Crippen LogP contribution in [-0.2, 0) is 11.3 Å². The molecule has 0 radical (unpaired) electrons. The molecule has 0 saturated heterocycles. The molecule has 0 N–H and O–H groups in total. The smallest absolute Gasteiger partial charge is 0.338 e. The van der Waals surface area contributed by atoms with Crippen LogP contribution < -0.4 is 19.8 Å². The van der Waals surface area contributed by atoms with Crippen molar-refractivity contribution in [1.82, 2.24) is 0 Å². The van der Waals surface area contributed by atoms with E-state index in [1.807, 2.05) is 6.92 Å². The molecular formula is C21H19ClO7. The van der Waals surface area contributed by atoms with Gasteiger partial charge in [0.15, 0.2) is 11.5 Å². The minimum atomic E-state index is -0.622. The van der Waals surface area contributed by atoms with Crippen molar-refractivity contribution < 1.29 is 28.2 Å². The van der Waals surface area contributed by atoms with Crippen LogP contribution in [-0.4, -0.2) is 26.8 Å². The van der Waals surface area contributed by atoms with Crippen molar-refractivity contribution in [3.8, 4) is 17.2 Å². The zero-order valence-corrected chi connectivity index (χ0v) is 16.9. The Morgan fingerprint density at radius 1 is 1.10 bits per heavy atom. The van der Waals surface area contributed by atoms with Gasteiger partial charge in [0.25, 0.3) is 0 Å². The lowest BCUT2D eigenvalue weighted by Gasteiger charge is -2.13. The summed E-state index contributed by atoms with van der Waals surface area (Å²) in [7, 11) is 2.97. The Bertz CT molecular complexity index is 1100. The summed E-state index contributed by atoms with van der Waals surface area (Å²) in [5.74, 6) is 0.604. The second kappa shape index (κ2) is 8.87. The molecule has 2 aromatic carbocycles. The minimum absolute atomic E-state index is 0.125. The van der Waals surface area contributed by atoms with Crippen LogP contribution in [0.4, 0.5) is 0 Å². The summed E-state index contributed by atoms with van der Waals surface area (Å²) in [6.45, 7) is 2.09. The molecule has 0 aliphatic rings. The zero-order valence-electron chi connectivity index (χ0n) is 16.1. The van der Waals surface area contributed by atoms with Gasteiger partial charge in [0, 0.05) is 23.1 Å². The molecule has 7 nitrogen and oxygen atoms in total. The zero-order chi connectivity index (χ0) is 21.0. The van der Waals surface area contributed by atoms with Gasteiger partial charge < -0.3 is 23.4 Å². The third-order valence-electron chi connectivity index (χ3n) is 4.15. The summed E-state index contributed by atoms with van der Waals surface area (Å²) in [6, 6.07) is 9.27. The molecule has 1 aromatic heterocycles. The number of hydrogen-bond donors (Lipinski definition) is 0. The summed E-state index contributed by atoms with van der Waals surface area (Å²) < 4.78 is 26.4. The first-order valence-electron chi connectivity index (χ1n) is 8.75. The van der Waals surface area contributed by atoms with E-state index in [-0.39, 0.29) is 17.2 Å². The van der Waals surface area contributed by atoms with Crippen molar-refractivity contribution in [3.63, 3.8) is 0 Å². The number of esters is 1. The van der Waals surface area contributed by atoms with Crippen molar-refractivity contribution >= 4 is 28.5 Å². The van der Waals surface area contributed by atoms with Crippen molar-refractivity contribution in [2.75, 3.05) is 20.8 Å². The van der Waals surface area contributed by atoms with Crippen LogP contribution in [0.2, 0.25) is 5.02 Å². The maximum atomic E-state index is 12.5. The van der Waals surface area contributed by atoms with Crippen LogP contribution in [0.15, 0.2) is 45.6 Å². The lowest BCUT2D eigenvalue weighted by molar-refractivity contribution is 0.0473. The average molecular weight is 419 g/mol. The van der Waals surface area contributed by atoms with Gasteiger partial charge in [-0.15, -0.1) is 0 Å². The fraction of sp³-hybridized carbons (Fsp3) is 0.238. The third kappa shape index (κ3) is 4.46. The molecule has 0 aliphatic carbocycles. The highest BCUT2D eigenvalue weighted by molar-refractivity contribution is 6.32. The minimum Gasteiger partial charge on any atom is -0.497 e. The predicted octanol–water partition coefficient (Wildman–Crippen LogP) is 4.22. The summed E-state index contributed by atoms with van der Waals surface area (Å²) in [6.07, 6.45) is 0. The van der Waals surface area contributed by atoms with Crippen molar-refractivity contribution in [3.05, 3.63) is 63.0 Å². The van der Waals surface area contributed by atoms with E-state index in [1.54, 1.807) is 18.2 Å². The van der Waals surface area contributed by atoms with Gasteiger partial charge in [-0.05, 0) is 31.2 Å². The van der Waals surface area contributed by atoms with Crippen LogP contribution in [0, 0.1) is 0 Å². The quantitative estimate of drug-likeness (QED) is 0.419.